The van der Waals surface area contributed by atoms with E-state index < -0.39 is 5.60 Å². The van der Waals surface area contributed by atoms with Crippen LogP contribution >= 0.6 is 0 Å². The summed E-state index contributed by atoms with van der Waals surface area (Å²) in [5, 5.41) is 13.5. The number of fused-ring (bicyclic) bond motifs is 2. The topological polar surface area (TPSA) is 110 Å². The molecule has 8 nitrogen and oxygen atoms in total. The van der Waals surface area contributed by atoms with Gasteiger partial charge in [-0.1, -0.05) is 31.6 Å². The molecule has 2 aromatic heterocycles. The molecule has 0 saturated carbocycles. The highest BCUT2D eigenvalue weighted by Gasteiger charge is 2.26. The summed E-state index contributed by atoms with van der Waals surface area (Å²) in [6.07, 6.45) is 4.31. The summed E-state index contributed by atoms with van der Waals surface area (Å²) in [5.41, 5.74) is 7.50. The van der Waals surface area contributed by atoms with Gasteiger partial charge < -0.3 is 14.5 Å². The van der Waals surface area contributed by atoms with Gasteiger partial charge >= 0.3 is 6.09 Å². The summed E-state index contributed by atoms with van der Waals surface area (Å²) in [5.74, 6) is 0.786. The summed E-state index contributed by atoms with van der Waals surface area (Å²) < 4.78 is 13.6. The van der Waals surface area contributed by atoms with E-state index >= 15 is 0 Å². The Labute approximate surface area is 275 Å². The molecule has 0 fully saturated rings. The Morgan fingerprint density at radius 3 is 2.53 bits per heavy atom. The molecule has 6 rings (SSSR count). The average molecular weight is 629 g/mol. The van der Waals surface area contributed by atoms with Gasteiger partial charge in [0.05, 0.1) is 22.8 Å². The Kier molecular flexibility index (Phi) is 8.50. The minimum absolute atomic E-state index is 0.134. The average Bonchev–Trinajstić information content (AvgIpc) is 3.64. The van der Waals surface area contributed by atoms with Crippen LogP contribution in [0.4, 0.5) is 4.79 Å². The smallest absolute Gasteiger partial charge is 0.419 e. The van der Waals surface area contributed by atoms with Crippen molar-refractivity contribution in [2.24, 2.45) is 5.92 Å². The van der Waals surface area contributed by atoms with Crippen LogP contribution in [-0.2, 0) is 4.74 Å². The molecule has 0 saturated heterocycles. The molecule has 1 N–H and O–H groups in total. The summed E-state index contributed by atoms with van der Waals surface area (Å²) in [7, 11) is 0. The Bertz CT molecular complexity index is 2070. The predicted octanol–water partition coefficient (Wildman–Crippen LogP) is 9.15. The number of rotatable bonds is 6. The van der Waals surface area contributed by atoms with E-state index in [0.29, 0.717) is 34.7 Å². The third-order valence-corrected chi connectivity index (χ3v) is 8.60. The second-order valence-corrected chi connectivity index (χ2v) is 13.8. The summed E-state index contributed by atoms with van der Waals surface area (Å²) in [4.78, 5) is 31.0. The number of oxazole rings is 1. The van der Waals surface area contributed by atoms with Gasteiger partial charge in [0.25, 0.3) is 5.91 Å². The standard InChI is InChI=1S/C39H40N4O4/c1-23(2)31-18-26(21-40)19-32-35(31)46-37(42-32)29-14-12-28(13-15-29)36(44)41-22-25-8-10-27(11-9-25)34-20-30-17-24(3)7-16-33(30)43(34)38(45)47-39(4,5)6/h7,10,12-20,23,25H,8-9,11,22H2,1-6H3,(H,41,44). The number of nitrogens with zero attached hydrogens (tertiary/aromatic N) is 3. The van der Waals surface area contributed by atoms with Crippen LogP contribution in [0.3, 0.4) is 0 Å². The van der Waals surface area contributed by atoms with Crippen molar-refractivity contribution in [3.05, 3.63) is 94.7 Å². The molecule has 3 aromatic carbocycles. The van der Waals surface area contributed by atoms with Gasteiger partial charge in [-0.2, -0.15) is 5.26 Å². The molecule has 1 aliphatic rings. The van der Waals surface area contributed by atoms with Gasteiger partial charge in [0.1, 0.15) is 11.1 Å². The number of hydrogen-bond donors (Lipinski definition) is 1. The fraction of sp³-hybridized carbons (Fsp3) is 0.333. The predicted molar refractivity (Wildman–Crippen MR) is 184 cm³/mol. The molecule has 0 aliphatic heterocycles. The maximum absolute atomic E-state index is 13.3. The zero-order chi connectivity index (χ0) is 33.5. The van der Waals surface area contributed by atoms with Crippen molar-refractivity contribution >= 4 is 39.6 Å². The second kappa shape index (κ2) is 12.6. The summed E-state index contributed by atoms with van der Waals surface area (Å²) in [6.45, 7) is 12.3. The van der Waals surface area contributed by atoms with Crippen LogP contribution in [0.5, 0.6) is 0 Å². The SMILES string of the molecule is Cc1ccc2c(c1)cc(C1=CCC(CNC(=O)c3ccc(-c4nc5cc(C#N)cc(C(C)C)c5o4)cc3)CC1)n2C(=O)OC(C)(C)C. The van der Waals surface area contributed by atoms with E-state index in [0.717, 1.165) is 58.1 Å². The van der Waals surface area contributed by atoms with Crippen molar-refractivity contribution < 1.29 is 18.7 Å². The molecule has 8 heteroatoms. The number of aromatic nitrogens is 2. The quantitative estimate of drug-likeness (QED) is 0.201. The van der Waals surface area contributed by atoms with Crippen LogP contribution < -0.4 is 5.32 Å². The van der Waals surface area contributed by atoms with Gasteiger partial charge in [0.15, 0.2) is 5.58 Å². The number of carbonyl (C=O) groups excluding carboxylic acids is 2. The molecular weight excluding hydrogens is 588 g/mol. The fourth-order valence-electron chi connectivity index (χ4n) is 6.16. The highest BCUT2D eigenvalue weighted by atomic mass is 16.6. The lowest BCUT2D eigenvalue weighted by Crippen LogP contribution is -2.30. The number of carbonyl (C=O) groups is 2. The number of nitrogens with one attached hydrogen (secondary N) is 1. The van der Waals surface area contributed by atoms with E-state index in [1.165, 1.54) is 0 Å². The fourth-order valence-corrected chi connectivity index (χ4v) is 6.16. The highest BCUT2D eigenvalue weighted by molar-refractivity contribution is 5.96. The van der Waals surface area contributed by atoms with Gasteiger partial charge in [-0.15, -0.1) is 0 Å². The molecular formula is C39H40N4O4. The summed E-state index contributed by atoms with van der Waals surface area (Å²) >= 11 is 0. The third-order valence-electron chi connectivity index (χ3n) is 8.60. The first-order valence-corrected chi connectivity index (χ1v) is 16.2. The molecule has 2 heterocycles. The van der Waals surface area contributed by atoms with Crippen LogP contribution in [0, 0.1) is 24.2 Å². The number of benzene rings is 3. The van der Waals surface area contributed by atoms with E-state index in [1.807, 2.05) is 58.0 Å². The zero-order valence-corrected chi connectivity index (χ0v) is 27.8. The van der Waals surface area contributed by atoms with Crippen molar-refractivity contribution in [2.75, 3.05) is 6.54 Å². The highest BCUT2D eigenvalue weighted by Crippen LogP contribution is 2.35. The van der Waals surface area contributed by atoms with Gasteiger partial charge in [0, 0.05) is 28.6 Å². The largest absolute Gasteiger partial charge is 0.443 e. The number of amides is 1. The van der Waals surface area contributed by atoms with Crippen molar-refractivity contribution in [1.29, 1.82) is 5.26 Å². The third kappa shape index (κ3) is 6.71. The van der Waals surface area contributed by atoms with Crippen molar-refractivity contribution in [2.45, 2.75) is 72.3 Å². The number of allylic oxidation sites excluding steroid dienone is 2. The number of ether oxygens (including phenoxy) is 1. The van der Waals surface area contributed by atoms with Crippen molar-refractivity contribution in [3.63, 3.8) is 0 Å². The lowest BCUT2D eigenvalue weighted by molar-refractivity contribution is 0.0543. The molecule has 0 radical (unpaired) electrons. The summed E-state index contributed by atoms with van der Waals surface area (Å²) in [6, 6.07) is 21.2. The van der Waals surface area contributed by atoms with Crippen molar-refractivity contribution in [1.82, 2.24) is 14.9 Å². The Morgan fingerprint density at radius 2 is 1.87 bits per heavy atom. The van der Waals surface area contributed by atoms with Crippen LogP contribution in [0.25, 0.3) is 39.0 Å². The molecule has 47 heavy (non-hydrogen) atoms. The maximum Gasteiger partial charge on any atom is 0.419 e. The maximum atomic E-state index is 13.3. The Balaban J connectivity index is 1.12. The van der Waals surface area contributed by atoms with E-state index in [9.17, 15) is 14.9 Å². The monoisotopic (exact) mass is 628 g/mol. The number of hydrogen-bond acceptors (Lipinski definition) is 6. The van der Waals surface area contributed by atoms with E-state index in [-0.39, 0.29) is 23.8 Å². The van der Waals surface area contributed by atoms with E-state index in [4.69, 9.17) is 9.15 Å². The number of aryl methyl sites for hydroxylation is 1. The van der Waals surface area contributed by atoms with Crippen LogP contribution in [0.2, 0.25) is 0 Å². The molecule has 1 unspecified atom stereocenters. The van der Waals surface area contributed by atoms with Crippen LogP contribution in [0.1, 0.15) is 92.5 Å². The molecule has 240 valence electrons. The normalized spacial score (nSPS) is 15.1. The van der Waals surface area contributed by atoms with E-state index in [2.05, 4.69) is 48.4 Å². The van der Waals surface area contributed by atoms with Gasteiger partial charge in [-0.3, -0.25) is 4.79 Å². The lowest BCUT2D eigenvalue weighted by Gasteiger charge is -2.24. The Hall–Kier alpha value is -5.16. The molecule has 1 atom stereocenters. The zero-order valence-electron chi connectivity index (χ0n) is 27.8. The molecule has 1 aliphatic carbocycles. The first-order chi connectivity index (χ1) is 22.4. The molecule has 5 aromatic rings. The second-order valence-electron chi connectivity index (χ2n) is 13.8. The van der Waals surface area contributed by atoms with Gasteiger partial charge in [0.2, 0.25) is 5.89 Å². The van der Waals surface area contributed by atoms with Crippen LogP contribution in [0.15, 0.2) is 71.2 Å². The molecule has 0 bridgehead atoms. The van der Waals surface area contributed by atoms with Crippen LogP contribution in [-0.4, -0.2) is 33.7 Å². The molecule has 1 amide bonds. The lowest BCUT2D eigenvalue weighted by atomic mass is 9.88. The minimum Gasteiger partial charge on any atom is -0.443 e. The molecule has 0 spiro atoms. The first kappa shape index (κ1) is 31.8. The Morgan fingerprint density at radius 1 is 1.11 bits per heavy atom. The van der Waals surface area contributed by atoms with Gasteiger partial charge in [-0.05, 0) is 119 Å². The van der Waals surface area contributed by atoms with Crippen molar-refractivity contribution in [3.8, 4) is 17.5 Å². The minimum atomic E-state index is -0.606. The number of nitriles is 1. The first-order valence-electron chi connectivity index (χ1n) is 16.2. The van der Waals surface area contributed by atoms with E-state index in [1.54, 1.807) is 22.8 Å². The van der Waals surface area contributed by atoms with Gasteiger partial charge in [-0.25, -0.2) is 14.3 Å².